The molecule has 0 fully saturated rings. The zero-order valence-electron chi connectivity index (χ0n) is 17.3. The molecule has 30 heavy (non-hydrogen) atoms. The molecular formula is C25H25N3O2. The number of aryl methyl sites for hydroxylation is 1. The molecule has 1 heterocycles. The monoisotopic (exact) mass is 399 g/mol. The van der Waals surface area contributed by atoms with E-state index in [0.717, 1.165) is 24.2 Å². The van der Waals surface area contributed by atoms with Crippen LogP contribution in [-0.2, 0) is 6.54 Å². The van der Waals surface area contributed by atoms with Crippen molar-refractivity contribution in [2.45, 2.75) is 19.9 Å². The predicted octanol–water partition coefficient (Wildman–Crippen LogP) is 4.88. The molecule has 4 aromatic rings. The van der Waals surface area contributed by atoms with E-state index in [9.17, 15) is 4.79 Å². The summed E-state index contributed by atoms with van der Waals surface area (Å²) in [4.78, 5) is 18.1. The van der Waals surface area contributed by atoms with Gasteiger partial charge in [0, 0.05) is 18.8 Å². The minimum absolute atomic E-state index is 0.0307. The van der Waals surface area contributed by atoms with Crippen LogP contribution in [0.25, 0.3) is 22.3 Å². The van der Waals surface area contributed by atoms with Crippen LogP contribution in [0.1, 0.15) is 12.0 Å². The maximum absolute atomic E-state index is 13.3. The third-order valence-electron chi connectivity index (χ3n) is 5.15. The Kier molecular flexibility index (Phi) is 5.80. The summed E-state index contributed by atoms with van der Waals surface area (Å²) < 4.78 is 7.29. The lowest BCUT2D eigenvalue weighted by molar-refractivity contribution is 0.415. The van der Waals surface area contributed by atoms with Gasteiger partial charge in [-0.3, -0.25) is 9.36 Å². The Morgan fingerprint density at radius 2 is 1.70 bits per heavy atom. The number of fused-ring (bicyclic) bond motifs is 1. The van der Waals surface area contributed by atoms with Gasteiger partial charge in [-0.05, 0) is 49.7 Å². The van der Waals surface area contributed by atoms with Crippen molar-refractivity contribution in [1.29, 1.82) is 0 Å². The number of hydrogen-bond acceptors (Lipinski definition) is 4. The van der Waals surface area contributed by atoms with Crippen LogP contribution in [0.5, 0.6) is 5.75 Å². The maximum atomic E-state index is 13.3. The van der Waals surface area contributed by atoms with Gasteiger partial charge < -0.3 is 10.1 Å². The van der Waals surface area contributed by atoms with Crippen LogP contribution < -0.4 is 15.6 Å². The molecule has 0 spiro atoms. The van der Waals surface area contributed by atoms with Gasteiger partial charge in [0.05, 0.1) is 23.6 Å². The van der Waals surface area contributed by atoms with Crippen molar-refractivity contribution in [2.75, 3.05) is 19.0 Å². The smallest absolute Gasteiger partial charge is 0.261 e. The van der Waals surface area contributed by atoms with E-state index in [1.54, 1.807) is 11.7 Å². The first-order valence-corrected chi connectivity index (χ1v) is 10.1. The molecule has 5 nitrogen and oxygen atoms in total. The molecule has 0 aliphatic heterocycles. The van der Waals surface area contributed by atoms with E-state index in [1.807, 2.05) is 48.5 Å². The lowest BCUT2D eigenvalue weighted by atomic mass is 10.1. The summed E-state index contributed by atoms with van der Waals surface area (Å²) in [6, 6.07) is 23.5. The second kappa shape index (κ2) is 8.82. The third kappa shape index (κ3) is 4.06. The number of nitrogens with zero attached hydrogens (tertiary/aromatic N) is 2. The summed E-state index contributed by atoms with van der Waals surface area (Å²) in [6.45, 7) is 3.39. The molecule has 1 N–H and O–H groups in total. The highest BCUT2D eigenvalue weighted by Gasteiger charge is 2.15. The Hall–Kier alpha value is -3.60. The maximum Gasteiger partial charge on any atom is 0.261 e. The first kappa shape index (κ1) is 19.7. The zero-order valence-corrected chi connectivity index (χ0v) is 17.3. The topological polar surface area (TPSA) is 56.1 Å². The summed E-state index contributed by atoms with van der Waals surface area (Å²) in [5.41, 5.74) is 3.79. The van der Waals surface area contributed by atoms with E-state index in [-0.39, 0.29) is 5.56 Å². The Labute approximate surface area is 176 Å². The number of aromatic nitrogens is 2. The minimum Gasteiger partial charge on any atom is -0.496 e. The van der Waals surface area contributed by atoms with Crippen molar-refractivity contribution >= 4 is 16.6 Å². The molecular weight excluding hydrogens is 374 g/mol. The highest BCUT2D eigenvalue weighted by atomic mass is 16.5. The van der Waals surface area contributed by atoms with Crippen LogP contribution in [0, 0.1) is 6.92 Å². The molecule has 3 aromatic carbocycles. The van der Waals surface area contributed by atoms with Crippen molar-refractivity contribution in [3.05, 3.63) is 88.7 Å². The molecule has 0 atom stereocenters. The first-order valence-electron chi connectivity index (χ1n) is 10.1. The molecule has 5 heteroatoms. The standard InChI is InChI=1S/C25H25N3O2/c1-18-12-14-19(15-13-18)26-16-7-17-28-24(21-9-4-6-11-23(21)30-2)27-22-10-5-3-8-20(22)25(28)29/h3-6,8-15,26H,7,16-17H2,1-2H3. The number of benzene rings is 3. The van der Waals surface area contributed by atoms with E-state index >= 15 is 0 Å². The van der Waals surface area contributed by atoms with E-state index < -0.39 is 0 Å². The molecule has 0 bridgehead atoms. The molecule has 0 unspecified atom stereocenters. The number of ether oxygens (including phenoxy) is 1. The Bertz CT molecular complexity index is 1210. The number of rotatable bonds is 7. The highest BCUT2D eigenvalue weighted by Crippen LogP contribution is 2.28. The van der Waals surface area contributed by atoms with Crippen molar-refractivity contribution < 1.29 is 4.74 Å². The van der Waals surface area contributed by atoms with Gasteiger partial charge in [0.2, 0.25) is 0 Å². The first-order chi connectivity index (χ1) is 14.7. The average Bonchev–Trinajstić information content (AvgIpc) is 2.79. The van der Waals surface area contributed by atoms with Crippen molar-refractivity contribution in [3.63, 3.8) is 0 Å². The van der Waals surface area contributed by atoms with Gasteiger partial charge in [0.1, 0.15) is 11.6 Å². The largest absolute Gasteiger partial charge is 0.496 e. The molecule has 152 valence electrons. The van der Waals surface area contributed by atoms with Gasteiger partial charge >= 0.3 is 0 Å². The van der Waals surface area contributed by atoms with E-state index in [1.165, 1.54) is 5.56 Å². The third-order valence-corrected chi connectivity index (χ3v) is 5.15. The summed E-state index contributed by atoms with van der Waals surface area (Å²) in [7, 11) is 1.63. The van der Waals surface area contributed by atoms with Gasteiger partial charge in [-0.25, -0.2) is 4.98 Å². The number of nitrogens with one attached hydrogen (secondary N) is 1. The van der Waals surface area contributed by atoms with Crippen LogP contribution >= 0.6 is 0 Å². The summed E-state index contributed by atoms with van der Waals surface area (Å²) in [5.74, 6) is 1.33. The Balaban J connectivity index is 1.66. The average molecular weight is 399 g/mol. The van der Waals surface area contributed by atoms with Crippen molar-refractivity contribution in [2.24, 2.45) is 0 Å². The van der Waals surface area contributed by atoms with Gasteiger partial charge in [0.15, 0.2) is 0 Å². The lowest BCUT2D eigenvalue weighted by Gasteiger charge is -2.16. The van der Waals surface area contributed by atoms with Crippen LogP contribution in [0.15, 0.2) is 77.6 Å². The number of methoxy groups -OCH3 is 1. The van der Waals surface area contributed by atoms with Crippen LogP contribution in [0.3, 0.4) is 0 Å². The molecule has 0 aliphatic rings. The molecule has 0 saturated heterocycles. The fourth-order valence-corrected chi connectivity index (χ4v) is 3.55. The Morgan fingerprint density at radius 3 is 2.50 bits per heavy atom. The number of hydrogen-bond donors (Lipinski definition) is 1. The summed E-state index contributed by atoms with van der Waals surface area (Å²) >= 11 is 0. The molecule has 1 aromatic heterocycles. The van der Waals surface area contributed by atoms with Gasteiger partial charge in [-0.15, -0.1) is 0 Å². The SMILES string of the molecule is COc1ccccc1-c1nc2ccccc2c(=O)n1CCCNc1ccc(C)cc1. The van der Waals surface area contributed by atoms with Crippen LogP contribution in [0.2, 0.25) is 0 Å². The predicted molar refractivity (Wildman–Crippen MR) is 122 cm³/mol. The van der Waals surface area contributed by atoms with Gasteiger partial charge in [-0.1, -0.05) is 42.0 Å². The second-order valence-electron chi connectivity index (χ2n) is 7.26. The second-order valence-corrected chi connectivity index (χ2v) is 7.26. The number of para-hydroxylation sites is 2. The molecule has 0 saturated carbocycles. The normalized spacial score (nSPS) is 10.9. The van der Waals surface area contributed by atoms with Gasteiger partial charge in [-0.2, -0.15) is 0 Å². The van der Waals surface area contributed by atoms with E-state index in [4.69, 9.17) is 9.72 Å². The quantitative estimate of drug-likeness (QED) is 0.450. The summed E-state index contributed by atoms with van der Waals surface area (Å²) in [6.07, 6.45) is 0.788. The van der Waals surface area contributed by atoms with E-state index in [2.05, 4.69) is 36.5 Å². The van der Waals surface area contributed by atoms with Crippen LogP contribution in [0.4, 0.5) is 5.69 Å². The van der Waals surface area contributed by atoms with Gasteiger partial charge in [0.25, 0.3) is 5.56 Å². The zero-order chi connectivity index (χ0) is 20.9. The van der Waals surface area contributed by atoms with Crippen LogP contribution in [-0.4, -0.2) is 23.2 Å². The van der Waals surface area contributed by atoms with E-state index in [0.29, 0.717) is 29.0 Å². The summed E-state index contributed by atoms with van der Waals surface area (Å²) in [5, 5.41) is 4.05. The molecule has 0 aliphatic carbocycles. The minimum atomic E-state index is -0.0307. The lowest BCUT2D eigenvalue weighted by Crippen LogP contribution is -2.24. The van der Waals surface area contributed by atoms with Crippen molar-refractivity contribution in [3.8, 4) is 17.1 Å². The molecule has 4 rings (SSSR count). The number of anilines is 1. The van der Waals surface area contributed by atoms with Crippen molar-refractivity contribution in [1.82, 2.24) is 9.55 Å². The fraction of sp³-hybridized carbons (Fsp3) is 0.200. The fourth-order valence-electron chi connectivity index (χ4n) is 3.55. The molecule has 0 radical (unpaired) electrons. The highest BCUT2D eigenvalue weighted by molar-refractivity contribution is 5.80. The Morgan fingerprint density at radius 1 is 0.967 bits per heavy atom. The molecule has 0 amide bonds.